The first-order valence-electron chi connectivity index (χ1n) is 3.28. The quantitative estimate of drug-likeness (QED) is 0.386. The van der Waals surface area contributed by atoms with Gasteiger partial charge in [-0.3, -0.25) is 14.4 Å². The molecule has 1 fully saturated rings. The van der Waals surface area contributed by atoms with Gasteiger partial charge in [-0.15, -0.1) is 0 Å². The van der Waals surface area contributed by atoms with Gasteiger partial charge in [-0.25, -0.2) is 0 Å². The predicted molar refractivity (Wildman–Crippen MR) is 34.7 cm³/mol. The smallest absolute Gasteiger partial charge is 0.324 e. The largest absolute Gasteiger partial charge is 0.454 e. The number of cyclic esters (lactones) is 1. The number of Topliss-reactive ketones (excluding diaryl/α,β-unsaturated/α-hetero) is 2. The summed E-state index contributed by atoms with van der Waals surface area (Å²) in [5.74, 6) is -2.74. The highest BCUT2D eigenvalue weighted by atomic mass is 16.6. The van der Waals surface area contributed by atoms with Gasteiger partial charge in [0.1, 0.15) is 0 Å². The second kappa shape index (κ2) is 2.45. The Balaban J connectivity index is 2.88. The van der Waals surface area contributed by atoms with Crippen LogP contribution in [0.1, 0.15) is 13.8 Å². The SMILES string of the molecule is CC(=O)[C@@H]1C(=O)OC(C)C1=O. The molecule has 0 radical (unpaired) electrons. The molecule has 11 heavy (non-hydrogen) atoms. The van der Waals surface area contributed by atoms with Gasteiger partial charge in [-0.05, 0) is 13.8 Å². The van der Waals surface area contributed by atoms with Gasteiger partial charge in [-0.2, -0.15) is 0 Å². The molecule has 1 aliphatic rings. The molecule has 0 aromatic rings. The lowest BCUT2D eigenvalue weighted by Crippen LogP contribution is -2.24. The lowest BCUT2D eigenvalue weighted by atomic mass is 10.0. The Labute approximate surface area is 63.5 Å². The Bertz CT molecular complexity index is 231. The van der Waals surface area contributed by atoms with E-state index < -0.39 is 29.6 Å². The summed E-state index contributed by atoms with van der Waals surface area (Å²) < 4.78 is 4.54. The minimum absolute atomic E-state index is 0.428. The molecule has 60 valence electrons. The molecule has 0 aromatic heterocycles. The fourth-order valence-electron chi connectivity index (χ4n) is 1.02. The van der Waals surface area contributed by atoms with Crippen molar-refractivity contribution in [3.05, 3.63) is 0 Å². The average Bonchev–Trinajstić information content (AvgIpc) is 2.07. The topological polar surface area (TPSA) is 60.4 Å². The fourth-order valence-corrected chi connectivity index (χ4v) is 1.02. The van der Waals surface area contributed by atoms with Crippen LogP contribution in [-0.4, -0.2) is 23.6 Å². The highest BCUT2D eigenvalue weighted by molar-refractivity contribution is 6.21. The van der Waals surface area contributed by atoms with E-state index in [1.54, 1.807) is 0 Å². The van der Waals surface area contributed by atoms with Crippen molar-refractivity contribution in [2.24, 2.45) is 5.92 Å². The Morgan fingerprint density at radius 2 is 2.00 bits per heavy atom. The van der Waals surface area contributed by atoms with Crippen LogP contribution in [0.3, 0.4) is 0 Å². The number of ketones is 2. The third-order valence-corrected chi connectivity index (χ3v) is 1.62. The Kier molecular flexibility index (Phi) is 1.76. The standard InChI is InChI=1S/C7H8O4/c1-3(8)5-6(9)4(2)11-7(5)10/h4-5H,1-2H3/t4?,5-/m0/s1. The van der Waals surface area contributed by atoms with Crippen LogP contribution in [0.4, 0.5) is 0 Å². The van der Waals surface area contributed by atoms with Crippen molar-refractivity contribution < 1.29 is 19.1 Å². The van der Waals surface area contributed by atoms with E-state index >= 15 is 0 Å². The normalized spacial score (nSPS) is 30.4. The number of hydrogen-bond acceptors (Lipinski definition) is 4. The first-order valence-corrected chi connectivity index (χ1v) is 3.28. The Morgan fingerprint density at radius 3 is 2.18 bits per heavy atom. The molecule has 1 unspecified atom stereocenters. The molecule has 0 N–H and O–H groups in total. The highest BCUT2D eigenvalue weighted by Crippen LogP contribution is 2.17. The molecule has 1 rings (SSSR count). The maximum atomic E-state index is 11.0. The first-order chi connectivity index (χ1) is 5.04. The molecule has 0 amide bonds. The van der Waals surface area contributed by atoms with Gasteiger partial charge in [0.2, 0.25) is 0 Å². The third kappa shape index (κ3) is 1.15. The van der Waals surface area contributed by atoms with Crippen LogP contribution in [0, 0.1) is 5.92 Å². The van der Waals surface area contributed by atoms with Crippen LogP contribution in [0.15, 0.2) is 0 Å². The van der Waals surface area contributed by atoms with Crippen LogP contribution < -0.4 is 0 Å². The molecule has 1 saturated heterocycles. The molecule has 0 spiro atoms. The van der Waals surface area contributed by atoms with E-state index in [0.29, 0.717) is 0 Å². The average molecular weight is 156 g/mol. The summed E-state index contributed by atoms with van der Waals surface area (Å²) in [4.78, 5) is 32.5. The highest BCUT2D eigenvalue weighted by Gasteiger charge is 2.43. The minimum atomic E-state index is -1.16. The molecule has 0 aromatic carbocycles. The van der Waals surface area contributed by atoms with Gasteiger partial charge in [0.05, 0.1) is 0 Å². The number of rotatable bonds is 1. The maximum absolute atomic E-state index is 11.0. The van der Waals surface area contributed by atoms with Crippen LogP contribution in [0.5, 0.6) is 0 Å². The summed E-state index contributed by atoms with van der Waals surface area (Å²) in [7, 11) is 0. The second-order valence-electron chi connectivity index (χ2n) is 2.53. The van der Waals surface area contributed by atoms with E-state index in [-0.39, 0.29) is 0 Å². The second-order valence-corrected chi connectivity index (χ2v) is 2.53. The zero-order chi connectivity index (χ0) is 8.59. The van der Waals surface area contributed by atoms with E-state index in [0.717, 1.165) is 0 Å². The number of ether oxygens (including phenoxy) is 1. The van der Waals surface area contributed by atoms with Crippen molar-refractivity contribution in [2.45, 2.75) is 20.0 Å². The number of carbonyl (C=O) groups is 3. The minimum Gasteiger partial charge on any atom is -0.454 e. The van der Waals surface area contributed by atoms with Gasteiger partial charge in [0.15, 0.2) is 23.6 Å². The lowest BCUT2D eigenvalue weighted by Gasteiger charge is -1.95. The predicted octanol–water partition coefficient (Wildman–Crippen LogP) is -0.294. The number of carbonyl (C=O) groups excluding carboxylic acids is 3. The van der Waals surface area contributed by atoms with Gasteiger partial charge in [0, 0.05) is 0 Å². The molecule has 2 atom stereocenters. The maximum Gasteiger partial charge on any atom is 0.324 e. The van der Waals surface area contributed by atoms with Crippen LogP contribution >= 0.6 is 0 Å². The molecular formula is C7H8O4. The Morgan fingerprint density at radius 1 is 1.45 bits per heavy atom. The summed E-state index contributed by atoms with van der Waals surface area (Å²) in [5, 5.41) is 0. The van der Waals surface area contributed by atoms with Crippen molar-refractivity contribution >= 4 is 17.5 Å². The van der Waals surface area contributed by atoms with E-state index in [9.17, 15) is 14.4 Å². The fraction of sp³-hybridized carbons (Fsp3) is 0.571. The lowest BCUT2D eigenvalue weighted by molar-refractivity contribution is -0.146. The van der Waals surface area contributed by atoms with Crippen LogP contribution in [-0.2, 0) is 19.1 Å². The molecule has 4 heteroatoms. The monoisotopic (exact) mass is 156 g/mol. The van der Waals surface area contributed by atoms with Crippen molar-refractivity contribution in [1.82, 2.24) is 0 Å². The van der Waals surface area contributed by atoms with Crippen LogP contribution in [0.25, 0.3) is 0 Å². The molecule has 0 bridgehead atoms. The van der Waals surface area contributed by atoms with Crippen molar-refractivity contribution in [3.8, 4) is 0 Å². The molecule has 0 aliphatic carbocycles. The first kappa shape index (κ1) is 7.91. The zero-order valence-corrected chi connectivity index (χ0v) is 6.29. The van der Waals surface area contributed by atoms with Gasteiger partial charge >= 0.3 is 5.97 Å². The van der Waals surface area contributed by atoms with E-state index in [1.807, 2.05) is 0 Å². The summed E-state index contributed by atoms with van der Waals surface area (Å²) in [6.07, 6.45) is -0.753. The summed E-state index contributed by atoms with van der Waals surface area (Å²) >= 11 is 0. The summed E-state index contributed by atoms with van der Waals surface area (Å²) in [5.41, 5.74) is 0. The van der Waals surface area contributed by atoms with E-state index in [4.69, 9.17) is 0 Å². The van der Waals surface area contributed by atoms with Gasteiger partial charge < -0.3 is 4.74 Å². The molecule has 4 nitrogen and oxygen atoms in total. The van der Waals surface area contributed by atoms with E-state index in [1.165, 1.54) is 13.8 Å². The third-order valence-electron chi connectivity index (χ3n) is 1.62. The molecular weight excluding hydrogens is 148 g/mol. The summed E-state index contributed by atoms with van der Waals surface area (Å²) in [6.45, 7) is 2.67. The van der Waals surface area contributed by atoms with E-state index in [2.05, 4.69) is 4.74 Å². The van der Waals surface area contributed by atoms with Gasteiger partial charge in [-0.1, -0.05) is 0 Å². The number of hydrogen-bond donors (Lipinski definition) is 0. The van der Waals surface area contributed by atoms with Gasteiger partial charge in [0.25, 0.3) is 0 Å². The number of esters is 1. The van der Waals surface area contributed by atoms with Crippen molar-refractivity contribution in [1.29, 1.82) is 0 Å². The Hall–Kier alpha value is -1.19. The zero-order valence-electron chi connectivity index (χ0n) is 6.29. The van der Waals surface area contributed by atoms with Crippen molar-refractivity contribution in [3.63, 3.8) is 0 Å². The van der Waals surface area contributed by atoms with Crippen molar-refractivity contribution in [2.75, 3.05) is 0 Å². The summed E-state index contributed by atoms with van der Waals surface area (Å²) in [6, 6.07) is 0. The molecule has 1 heterocycles. The molecule has 1 aliphatic heterocycles. The molecule has 0 saturated carbocycles. The van der Waals surface area contributed by atoms with Crippen LogP contribution in [0.2, 0.25) is 0 Å².